The van der Waals surface area contributed by atoms with Crippen molar-refractivity contribution >= 4 is 17.7 Å². The number of aryl methyl sites for hydroxylation is 1. The van der Waals surface area contributed by atoms with Crippen LogP contribution < -0.4 is 5.32 Å². The molecule has 5 nitrogen and oxygen atoms in total. The topological polar surface area (TPSA) is 69.6 Å². The quantitative estimate of drug-likeness (QED) is 0.874. The SMILES string of the molecule is CCCc1ccccc1NC(=O)N(CC(=O)O)C(C)(C)C. The molecule has 0 heterocycles. The first-order chi connectivity index (χ1) is 9.75. The van der Waals surface area contributed by atoms with Gasteiger partial charge in [-0.15, -0.1) is 0 Å². The lowest BCUT2D eigenvalue weighted by molar-refractivity contribution is -0.138. The van der Waals surface area contributed by atoms with Crippen molar-refractivity contribution in [3.05, 3.63) is 29.8 Å². The number of nitrogens with one attached hydrogen (secondary N) is 1. The number of hydrogen-bond donors (Lipinski definition) is 2. The van der Waals surface area contributed by atoms with Crippen molar-refractivity contribution in [3.63, 3.8) is 0 Å². The zero-order valence-electron chi connectivity index (χ0n) is 13.1. The number of carboxylic acids is 1. The highest BCUT2D eigenvalue weighted by Gasteiger charge is 2.28. The zero-order valence-corrected chi connectivity index (χ0v) is 13.1. The van der Waals surface area contributed by atoms with Crippen molar-refractivity contribution in [1.29, 1.82) is 0 Å². The summed E-state index contributed by atoms with van der Waals surface area (Å²) in [5.41, 5.74) is 1.23. The molecule has 1 aromatic carbocycles. The summed E-state index contributed by atoms with van der Waals surface area (Å²) < 4.78 is 0. The summed E-state index contributed by atoms with van der Waals surface area (Å²) in [6.07, 6.45) is 1.84. The van der Waals surface area contributed by atoms with Crippen LogP contribution in [0.3, 0.4) is 0 Å². The third-order valence-electron chi connectivity index (χ3n) is 3.13. The van der Waals surface area contributed by atoms with Crippen LogP contribution in [0.1, 0.15) is 39.7 Å². The maximum Gasteiger partial charge on any atom is 0.323 e. The summed E-state index contributed by atoms with van der Waals surface area (Å²) in [5, 5.41) is 11.8. The maximum atomic E-state index is 12.4. The molecule has 2 N–H and O–H groups in total. The summed E-state index contributed by atoms with van der Waals surface area (Å²) in [7, 11) is 0. The van der Waals surface area contributed by atoms with Crippen molar-refractivity contribution in [1.82, 2.24) is 4.90 Å². The molecule has 0 fully saturated rings. The highest BCUT2D eigenvalue weighted by molar-refractivity contribution is 5.92. The number of carbonyl (C=O) groups excluding carboxylic acids is 1. The van der Waals surface area contributed by atoms with Crippen LogP contribution in [0, 0.1) is 0 Å². The number of anilines is 1. The number of carboxylic acid groups (broad SMARTS) is 1. The zero-order chi connectivity index (χ0) is 16.0. The smallest absolute Gasteiger partial charge is 0.323 e. The van der Waals surface area contributed by atoms with Crippen molar-refractivity contribution in [2.45, 2.75) is 46.1 Å². The monoisotopic (exact) mass is 292 g/mol. The second-order valence-corrected chi connectivity index (χ2v) is 5.99. The highest BCUT2D eigenvalue weighted by Crippen LogP contribution is 2.20. The molecule has 2 amide bonds. The summed E-state index contributed by atoms with van der Waals surface area (Å²) in [4.78, 5) is 24.7. The second-order valence-electron chi connectivity index (χ2n) is 5.99. The van der Waals surface area contributed by atoms with E-state index in [1.165, 1.54) is 4.90 Å². The predicted octanol–water partition coefficient (Wildman–Crippen LogP) is 3.36. The number of carbonyl (C=O) groups is 2. The first kappa shape index (κ1) is 17.0. The van der Waals surface area contributed by atoms with Gasteiger partial charge in [0.25, 0.3) is 0 Å². The van der Waals surface area contributed by atoms with Crippen molar-refractivity contribution in [2.75, 3.05) is 11.9 Å². The number of para-hydroxylation sites is 1. The minimum atomic E-state index is -1.03. The number of hydrogen-bond acceptors (Lipinski definition) is 2. The van der Waals surface area contributed by atoms with Crippen LogP contribution >= 0.6 is 0 Å². The molecule has 1 aromatic rings. The third kappa shape index (κ3) is 5.10. The summed E-state index contributed by atoms with van der Waals surface area (Å²) >= 11 is 0. The van der Waals surface area contributed by atoms with E-state index < -0.39 is 17.5 Å². The molecule has 0 aromatic heterocycles. The van der Waals surface area contributed by atoms with Crippen molar-refractivity contribution in [2.24, 2.45) is 0 Å². The number of nitrogens with zero attached hydrogens (tertiary/aromatic N) is 1. The number of urea groups is 1. The number of aliphatic carboxylic acids is 1. The Morgan fingerprint density at radius 2 is 1.86 bits per heavy atom. The Kier molecular flexibility index (Phi) is 5.76. The highest BCUT2D eigenvalue weighted by atomic mass is 16.4. The van der Waals surface area contributed by atoms with Gasteiger partial charge in [0.15, 0.2) is 0 Å². The van der Waals surface area contributed by atoms with Gasteiger partial charge in [-0.3, -0.25) is 4.79 Å². The predicted molar refractivity (Wildman–Crippen MR) is 83.6 cm³/mol. The van der Waals surface area contributed by atoms with Crippen LogP contribution in [0.4, 0.5) is 10.5 Å². The molecule has 0 aliphatic carbocycles. The Morgan fingerprint density at radius 1 is 1.24 bits per heavy atom. The number of benzene rings is 1. The molecular weight excluding hydrogens is 268 g/mol. The van der Waals surface area contributed by atoms with E-state index in [1.54, 1.807) is 0 Å². The van der Waals surface area contributed by atoms with Crippen LogP contribution in [0.25, 0.3) is 0 Å². The largest absolute Gasteiger partial charge is 0.480 e. The molecular formula is C16H24N2O3. The Balaban J connectivity index is 2.94. The summed E-state index contributed by atoms with van der Waals surface area (Å²) in [6.45, 7) is 7.18. The molecule has 1 rings (SSSR count). The van der Waals surface area contributed by atoms with Crippen molar-refractivity contribution < 1.29 is 14.7 Å². The first-order valence-corrected chi connectivity index (χ1v) is 7.14. The average Bonchev–Trinajstić information content (AvgIpc) is 2.37. The molecule has 21 heavy (non-hydrogen) atoms. The Morgan fingerprint density at radius 3 is 2.38 bits per heavy atom. The van der Waals surface area contributed by atoms with E-state index >= 15 is 0 Å². The minimum Gasteiger partial charge on any atom is -0.480 e. The van der Waals surface area contributed by atoms with E-state index in [0.29, 0.717) is 0 Å². The van der Waals surface area contributed by atoms with Gasteiger partial charge in [0.2, 0.25) is 0 Å². The van der Waals surface area contributed by atoms with Gasteiger partial charge in [0.1, 0.15) is 6.54 Å². The Bertz CT molecular complexity index is 506. The van der Waals surface area contributed by atoms with Gasteiger partial charge < -0.3 is 15.3 Å². The second kappa shape index (κ2) is 7.11. The summed E-state index contributed by atoms with van der Waals surface area (Å²) in [5.74, 6) is -1.03. The van der Waals surface area contributed by atoms with Gasteiger partial charge in [0, 0.05) is 11.2 Å². The van der Waals surface area contributed by atoms with E-state index in [2.05, 4.69) is 12.2 Å². The lowest BCUT2D eigenvalue weighted by atomic mass is 10.1. The Hall–Kier alpha value is -2.04. The molecule has 5 heteroatoms. The molecule has 116 valence electrons. The van der Waals surface area contributed by atoms with Gasteiger partial charge in [-0.05, 0) is 38.8 Å². The summed E-state index contributed by atoms with van der Waals surface area (Å²) in [6, 6.07) is 7.20. The fourth-order valence-corrected chi connectivity index (χ4v) is 2.06. The molecule has 0 atom stereocenters. The molecule has 0 saturated carbocycles. The first-order valence-electron chi connectivity index (χ1n) is 7.14. The van der Waals surface area contributed by atoms with Gasteiger partial charge in [-0.25, -0.2) is 4.79 Å². The van der Waals surface area contributed by atoms with Gasteiger partial charge in [0.05, 0.1) is 0 Å². The molecule has 0 radical (unpaired) electrons. The molecule has 0 aliphatic heterocycles. The van der Waals surface area contributed by atoms with Crippen LogP contribution in [0.15, 0.2) is 24.3 Å². The minimum absolute atomic E-state index is 0.328. The van der Waals surface area contributed by atoms with Gasteiger partial charge in [-0.2, -0.15) is 0 Å². The Labute approximate surface area is 126 Å². The van der Waals surface area contributed by atoms with E-state index in [9.17, 15) is 9.59 Å². The third-order valence-corrected chi connectivity index (χ3v) is 3.13. The molecule has 0 bridgehead atoms. The van der Waals surface area contributed by atoms with Crippen LogP contribution in [-0.4, -0.2) is 34.1 Å². The van der Waals surface area contributed by atoms with E-state index in [1.807, 2.05) is 45.0 Å². The average molecular weight is 292 g/mol. The van der Waals surface area contributed by atoms with E-state index in [-0.39, 0.29) is 6.54 Å². The normalized spacial score (nSPS) is 11.0. The molecule has 0 unspecified atom stereocenters. The van der Waals surface area contributed by atoms with Crippen LogP contribution in [-0.2, 0) is 11.2 Å². The van der Waals surface area contributed by atoms with Crippen LogP contribution in [0.5, 0.6) is 0 Å². The van der Waals surface area contributed by atoms with Gasteiger partial charge in [-0.1, -0.05) is 31.5 Å². The fourth-order valence-electron chi connectivity index (χ4n) is 2.06. The standard InChI is InChI=1S/C16H24N2O3/c1-5-8-12-9-6-7-10-13(12)17-15(21)18(11-14(19)20)16(2,3)4/h6-7,9-10H,5,8,11H2,1-4H3,(H,17,21)(H,19,20). The van der Waals surface area contributed by atoms with Crippen LogP contribution in [0.2, 0.25) is 0 Å². The van der Waals surface area contributed by atoms with E-state index in [0.717, 1.165) is 24.1 Å². The fraction of sp³-hybridized carbons (Fsp3) is 0.500. The maximum absolute atomic E-state index is 12.4. The molecule has 0 saturated heterocycles. The van der Waals surface area contributed by atoms with Crippen molar-refractivity contribution in [3.8, 4) is 0 Å². The van der Waals surface area contributed by atoms with Gasteiger partial charge >= 0.3 is 12.0 Å². The number of rotatable bonds is 5. The number of amides is 2. The lowest BCUT2D eigenvalue weighted by Crippen LogP contribution is -2.50. The molecule has 0 spiro atoms. The van der Waals surface area contributed by atoms with E-state index in [4.69, 9.17) is 5.11 Å². The lowest BCUT2D eigenvalue weighted by Gasteiger charge is -2.34. The molecule has 0 aliphatic rings.